The molecular weight excluding hydrogens is 316 g/mol. The van der Waals surface area contributed by atoms with Crippen LogP contribution in [0.4, 0.5) is 5.82 Å². The number of carbonyl (C=O) groups excluding carboxylic acids is 1. The molecule has 3 heterocycles. The van der Waals surface area contributed by atoms with Gasteiger partial charge in [0.05, 0.1) is 11.6 Å². The Kier molecular flexibility index (Phi) is 4.42. The highest BCUT2D eigenvalue weighted by Gasteiger charge is 2.34. The van der Waals surface area contributed by atoms with Gasteiger partial charge in [0, 0.05) is 24.7 Å². The molecule has 25 heavy (non-hydrogen) atoms. The van der Waals surface area contributed by atoms with E-state index in [0.29, 0.717) is 11.4 Å². The van der Waals surface area contributed by atoms with Crippen molar-refractivity contribution in [2.45, 2.75) is 63.3 Å². The molecule has 6 nitrogen and oxygen atoms in total. The third kappa shape index (κ3) is 3.13. The van der Waals surface area contributed by atoms with E-state index in [2.05, 4.69) is 15.4 Å². The van der Waals surface area contributed by atoms with Gasteiger partial charge < -0.3 is 5.32 Å². The van der Waals surface area contributed by atoms with Gasteiger partial charge in [-0.2, -0.15) is 0 Å². The van der Waals surface area contributed by atoms with E-state index in [9.17, 15) is 9.59 Å². The number of rotatable bonds is 2. The van der Waals surface area contributed by atoms with Gasteiger partial charge in [0.1, 0.15) is 5.82 Å². The molecular formula is C19H24N4O2. The van der Waals surface area contributed by atoms with Crippen molar-refractivity contribution in [2.75, 3.05) is 5.32 Å². The molecule has 132 valence electrons. The number of fused-ring (bicyclic) bond motifs is 1. The van der Waals surface area contributed by atoms with Crippen molar-refractivity contribution in [3.63, 3.8) is 0 Å². The topological polar surface area (TPSA) is 79.8 Å². The normalized spacial score (nSPS) is 21.9. The van der Waals surface area contributed by atoms with Gasteiger partial charge in [-0.3, -0.25) is 24.4 Å². The van der Waals surface area contributed by atoms with E-state index in [4.69, 9.17) is 0 Å². The largest absolute Gasteiger partial charge is 0.311 e. The molecule has 2 aromatic rings. The summed E-state index contributed by atoms with van der Waals surface area (Å²) in [5.41, 5.74) is 1.50. The Morgan fingerprint density at radius 3 is 2.56 bits per heavy atom. The number of hydrogen-bond donors (Lipinski definition) is 2. The average molecular weight is 340 g/mol. The minimum absolute atomic E-state index is 0.0417. The lowest BCUT2D eigenvalue weighted by atomic mass is 9.88. The molecule has 1 amide bonds. The predicted molar refractivity (Wildman–Crippen MR) is 95.7 cm³/mol. The highest BCUT2D eigenvalue weighted by molar-refractivity contribution is 5.94. The van der Waals surface area contributed by atoms with Crippen molar-refractivity contribution < 1.29 is 4.79 Å². The number of aromatic nitrogens is 3. The summed E-state index contributed by atoms with van der Waals surface area (Å²) < 4.78 is 1.93. The fourth-order valence-electron chi connectivity index (χ4n) is 4.22. The Morgan fingerprint density at radius 2 is 1.84 bits per heavy atom. The maximum Gasteiger partial charge on any atom is 0.270 e. The van der Waals surface area contributed by atoms with E-state index >= 15 is 0 Å². The summed E-state index contributed by atoms with van der Waals surface area (Å²) in [5, 5.41) is 5.97. The van der Waals surface area contributed by atoms with Crippen LogP contribution >= 0.6 is 0 Å². The number of amides is 1. The molecule has 0 bridgehead atoms. The quantitative estimate of drug-likeness (QED) is 0.880. The number of nitrogens with one attached hydrogen (secondary N) is 2. The standard InChI is InChI=1S/C19H24N4O2/c24-16-11-15(13-7-6-10-20-12-13)17-18(21-16)23(22-19(17)25)14-8-4-2-1-3-5-9-14/h6-7,10,12,14-15H,1-5,8-9,11H2,(H,21,24)(H,22,25)/t15-/m1/s1. The predicted octanol–water partition coefficient (Wildman–Crippen LogP) is 3.33. The highest BCUT2D eigenvalue weighted by Crippen LogP contribution is 2.37. The van der Waals surface area contributed by atoms with Crippen molar-refractivity contribution in [1.29, 1.82) is 0 Å². The Bertz CT molecular complexity index is 801. The van der Waals surface area contributed by atoms with Crippen LogP contribution in [-0.2, 0) is 4.79 Å². The second kappa shape index (κ2) is 6.86. The smallest absolute Gasteiger partial charge is 0.270 e. The van der Waals surface area contributed by atoms with E-state index in [1.54, 1.807) is 12.4 Å². The first-order valence-electron chi connectivity index (χ1n) is 9.28. The van der Waals surface area contributed by atoms with Gasteiger partial charge in [-0.05, 0) is 24.5 Å². The molecule has 1 atom stereocenters. The number of anilines is 1. The number of pyridine rings is 1. The third-order valence-electron chi connectivity index (χ3n) is 5.49. The van der Waals surface area contributed by atoms with Crippen LogP contribution in [0.25, 0.3) is 0 Å². The first kappa shape index (κ1) is 16.1. The maximum atomic E-state index is 12.7. The number of H-pyrrole nitrogens is 1. The molecule has 1 saturated carbocycles. The third-order valence-corrected chi connectivity index (χ3v) is 5.49. The van der Waals surface area contributed by atoms with Gasteiger partial charge in [0.15, 0.2) is 0 Å². The SMILES string of the molecule is O=C1C[C@H](c2cccnc2)c2c(n(C3CCCCCCC3)[nH]c2=O)N1. The van der Waals surface area contributed by atoms with Crippen LogP contribution in [0.15, 0.2) is 29.3 Å². The summed E-state index contributed by atoms with van der Waals surface area (Å²) in [6.07, 6.45) is 12.0. The van der Waals surface area contributed by atoms with Crippen LogP contribution in [0.5, 0.6) is 0 Å². The van der Waals surface area contributed by atoms with Crippen molar-refractivity contribution in [2.24, 2.45) is 0 Å². The molecule has 2 aliphatic rings. The molecule has 1 aliphatic carbocycles. The summed E-state index contributed by atoms with van der Waals surface area (Å²) in [4.78, 5) is 29.2. The van der Waals surface area contributed by atoms with Gasteiger partial charge in [-0.1, -0.05) is 38.2 Å². The summed E-state index contributed by atoms with van der Waals surface area (Å²) in [7, 11) is 0. The van der Waals surface area contributed by atoms with Crippen molar-refractivity contribution >= 4 is 11.7 Å². The summed E-state index contributed by atoms with van der Waals surface area (Å²) >= 11 is 0. The van der Waals surface area contributed by atoms with Gasteiger partial charge in [-0.15, -0.1) is 0 Å². The fraction of sp³-hybridized carbons (Fsp3) is 0.526. The van der Waals surface area contributed by atoms with Crippen molar-refractivity contribution in [1.82, 2.24) is 14.8 Å². The average Bonchev–Trinajstić information content (AvgIpc) is 2.91. The number of carbonyl (C=O) groups is 1. The maximum absolute atomic E-state index is 12.7. The van der Waals surface area contributed by atoms with Crippen LogP contribution in [0, 0.1) is 0 Å². The zero-order chi connectivity index (χ0) is 17.2. The zero-order valence-corrected chi connectivity index (χ0v) is 14.3. The van der Waals surface area contributed by atoms with Gasteiger partial charge >= 0.3 is 0 Å². The minimum Gasteiger partial charge on any atom is -0.311 e. The zero-order valence-electron chi connectivity index (χ0n) is 14.3. The molecule has 1 fully saturated rings. The highest BCUT2D eigenvalue weighted by atomic mass is 16.2. The summed E-state index contributed by atoms with van der Waals surface area (Å²) in [5.74, 6) is 0.400. The van der Waals surface area contributed by atoms with Gasteiger partial charge in [0.25, 0.3) is 5.56 Å². The molecule has 4 rings (SSSR count). The van der Waals surface area contributed by atoms with E-state index in [1.807, 2.05) is 16.8 Å². The Hall–Kier alpha value is -2.37. The van der Waals surface area contributed by atoms with E-state index < -0.39 is 0 Å². The lowest BCUT2D eigenvalue weighted by Crippen LogP contribution is -2.27. The summed E-state index contributed by atoms with van der Waals surface area (Å²) in [6.45, 7) is 0. The molecule has 0 aromatic carbocycles. The molecule has 2 aromatic heterocycles. The van der Waals surface area contributed by atoms with Crippen LogP contribution in [0.3, 0.4) is 0 Å². The molecule has 0 unspecified atom stereocenters. The first-order chi connectivity index (χ1) is 12.2. The molecule has 0 saturated heterocycles. The van der Waals surface area contributed by atoms with Crippen molar-refractivity contribution in [3.05, 3.63) is 46.0 Å². The number of aromatic amines is 1. The van der Waals surface area contributed by atoms with Crippen LogP contribution in [0.1, 0.15) is 74.5 Å². The molecule has 0 radical (unpaired) electrons. The molecule has 6 heteroatoms. The van der Waals surface area contributed by atoms with E-state index in [-0.39, 0.29) is 29.8 Å². The first-order valence-corrected chi connectivity index (χ1v) is 9.28. The molecule has 1 aliphatic heterocycles. The van der Waals surface area contributed by atoms with Crippen LogP contribution in [0.2, 0.25) is 0 Å². The number of nitrogens with zero attached hydrogens (tertiary/aromatic N) is 2. The Balaban J connectivity index is 1.75. The summed E-state index contributed by atoms with van der Waals surface area (Å²) in [6, 6.07) is 4.04. The van der Waals surface area contributed by atoms with Crippen molar-refractivity contribution in [3.8, 4) is 0 Å². The molecule has 2 N–H and O–H groups in total. The minimum atomic E-state index is -0.226. The van der Waals surface area contributed by atoms with E-state index in [0.717, 1.165) is 18.4 Å². The van der Waals surface area contributed by atoms with Crippen LogP contribution in [-0.4, -0.2) is 20.7 Å². The lowest BCUT2D eigenvalue weighted by molar-refractivity contribution is -0.116. The van der Waals surface area contributed by atoms with Gasteiger partial charge in [0.2, 0.25) is 5.91 Å². The number of hydrogen-bond acceptors (Lipinski definition) is 3. The monoisotopic (exact) mass is 340 g/mol. The van der Waals surface area contributed by atoms with E-state index in [1.165, 1.54) is 32.1 Å². The Morgan fingerprint density at radius 1 is 1.08 bits per heavy atom. The van der Waals surface area contributed by atoms with Gasteiger partial charge in [-0.25, -0.2) is 0 Å². The second-order valence-corrected chi connectivity index (χ2v) is 7.16. The lowest BCUT2D eigenvalue weighted by Gasteiger charge is -2.27. The fourth-order valence-corrected chi connectivity index (χ4v) is 4.22. The Labute approximate surface area is 146 Å². The second-order valence-electron chi connectivity index (χ2n) is 7.16. The molecule has 0 spiro atoms. The van der Waals surface area contributed by atoms with Crippen LogP contribution < -0.4 is 10.9 Å².